The van der Waals surface area contributed by atoms with Crippen LogP contribution in [0.25, 0.3) is 0 Å². The van der Waals surface area contributed by atoms with Crippen LogP contribution < -0.4 is 0 Å². The van der Waals surface area contributed by atoms with E-state index in [1.165, 1.54) is 11.3 Å². The Morgan fingerprint density at radius 3 is 2.36 bits per heavy atom. The van der Waals surface area contributed by atoms with Crippen LogP contribution in [-0.2, 0) is 0 Å². The second-order valence-corrected chi connectivity index (χ2v) is 5.56. The summed E-state index contributed by atoms with van der Waals surface area (Å²) in [5.74, 6) is -4.86. The SMILES string of the molecule is CCCCCN1CCN(C(=O)c2ccc(F)c(F)c2F)CC1. The molecule has 0 saturated carbocycles. The summed E-state index contributed by atoms with van der Waals surface area (Å²) in [6, 6.07) is 1.79. The summed E-state index contributed by atoms with van der Waals surface area (Å²) in [6.07, 6.45) is 3.47. The van der Waals surface area contributed by atoms with Crippen molar-refractivity contribution in [3.8, 4) is 0 Å². The van der Waals surface area contributed by atoms with Crippen molar-refractivity contribution in [2.24, 2.45) is 0 Å². The van der Waals surface area contributed by atoms with Gasteiger partial charge in [0.1, 0.15) is 0 Å². The smallest absolute Gasteiger partial charge is 0.257 e. The van der Waals surface area contributed by atoms with Crippen LogP contribution in [0.5, 0.6) is 0 Å². The van der Waals surface area contributed by atoms with Gasteiger partial charge in [-0.25, -0.2) is 13.2 Å². The van der Waals surface area contributed by atoms with Crippen LogP contribution in [0, 0.1) is 17.5 Å². The molecular weight excluding hydrogens is 293 g/mol. The van der Waals surface area contributed by atoms with Gasteiger partial charge < -0.3 is 4.90 Å². The first kappa shape index (κ1) is 16.8. The average molecular weight is 314 g/mol. The lowest BCUT2D eigenvalue weighted by Gasteiger charge is -2.34. The summed E-state index contributed by atoms with van der Waals surface area (Å²) < 4.78 is 39.8. The van der Waals surface area contributed by atoms with Crippen molar-refractivity contribution < 1.29 is 18.0 Å². The molecule has 22 heavy (non-hydrogen) atoms. The summed E-state index contributed by atoms with van der Waals surface area (Å²) in [7, 11) is 0. The summed E-state index contributed by atoms with van der Waals surface area (Å²) in [5, 5.41) is 0. The van der Waals surface area contributed by atoms with Gasteiger partial charge in [0.2, 0.25) is 0 Å². The first-order chi connectivity index (χ1) is 10.5. The van der Waals surface area contributed by atoms with Gasteiger partial charge in [0.05, 0.1) is 5.56 Å². The third-order valence-electron chi connectivity index (χ3n) is 4.00. The van der Waals surface area contributed by atoms with E-state index in [1.807, 2.05) is 0 Å². The third-order valence-corrected chi connectivity index (χ3v) is 4.00. The minimum Gasteiger partial charge on any atom is -0.336 e. The molecule has 1 aliphatic rings. The van der Waals surface area contributed by atoms with Crippen molar-refractivity contribution in [3.63, 3.8) is 0 Å². The Bertz CT molecular complexity index is 528. The van der Waals surface area contributed by atoms with E-state index in [0.29, 0.717) is 13.1 Å². The molecule has 0 radical (unpaired) electrons. The number of carbonyl (C=O) groups is 1. The lowest BCUT2D eigenvalue weighted by Crippen LogP contribution is -2.49. The van der Waals surface area contributed by atoms with Crippen molar-refractivity contribution in [1.82, 2.24) is 9.80 Å². The Labute approximate surface area is 128 Å². The van der Waals surface area contributed by atoms with Crippen molar-refractivity contribution in [2.75, 3.05) is 32.7 Å². The number of piperazine rings is 1. The van der Waals surface area contributed by atoms with E-state index in [2.05, 4.69) is 11.8 Å². The van der Waals surface area contributed by atoms with E-state index in [0.717, 1.165) is 44.6 Å². The predicted octanol–water partition coefficient (Wildman–Crippen LogP) is 3.05. The second-order valence-electron chi connectivity index (χ2n) is 5.56. The van der Waals surface area contributed by atoms with Crippen LogP contribution in [0.3, 0.4) is 0 Å². The molecule has 2 rings (SSSR count). The van der Waals surface area contributed by atoms with Gasteiger partial charge in [0, 0.05) is 26.2 Å². The van der Waals surface area contributed by atoms with E-state index in [1.54, 1.807) is 0 Å². The number of rotatable bonds is 5. The number of benzene rings is 1. The molecule has 0 atom stereocenters. The Balaban J connectivity index is 1.94. The largest absolute Gasteiger partial charge is 0.336 e. The van der Waals surface area contributed by atoms with Crippen molar-refractivity contribution >= 4 is 5.91 Å². The minimum atomic E-state index is -1.59. The average Bonchev–Trinajstić information content (AvgIpc) is 2.53. The lowest BCUT2D eigenvalue weighted by molar-refractivity contribution is 0.0629. The molecular formula is C16H21F3N2O. The molecule has 1 fully saturated rings. The second kappa shape index (κ2) is 7.63. The molecule has 1 aliphatic heterocycles. The molecule has 0 aromatic heterocycles. The predicted molar refractivity (Wildman–Crippen MR) is 78.2 cm³/mol. The maximum Gasteiger partial charge on any atom is 0.257 e. The first-order valence-corrected chi connectivity index (χ1v) is 7.69. The minimum absolute atomic E-state index is 0.404. The van der Waals surface area contributed by atoms with Crippen LogP contribution >= 0.6 is 0 Å². The molecule has 0 spiro atoms. The molecule has 1 saturated heterocycles. The molecule has 6 heteroatoms. The van der Waals surface area contributed by atoms with Crippen LogP contribution in [0.1, 0.15) is 36.5 Å². The Hall–Kier alpha value is -1.56. The van der Waals surface area contributed by atoms with Crippen molar-refractivity contribution in [2.45, 2.75) is 26.2 Å². The molecule has 1 aromatic rings. The molecule has 1 aromatic carbocycles. The highest BCUT2D eigenvalue weighted by Gasteiger charge is 2.26. The fourth-order valence-electron chi connectivity index (χ4n) is 2.62. The summed E-state index contributed by atoms with van der Waals surface area (Å²) >= 11 is 0. The van der Waals surface area contributed by atoms with Crippen LogP contribution in [-0.4, -0.2) is 48.4 Å². The van der Waals surface area contributed by atoms with Crippen molar-refractivity contribution in [3.05, 3.63) is 35.1 Å². The van der Waals surface area contributed by atoms with E-state index in [9.17, 15) is 18.0 Å². The maximum atomic E-state index is 13.7. The van der Waals surface area contributed by atoms with E-state index < -0.39 is 28.9 Å². The van der Waals surface area contributed by atoms with Gasteiger partial charge in [-0.05, 0) is 25.1 Å². The third kappa shape index (κ3) is 3.80. The first-order valence-electron chi connectivity index (χ1n) is 7.69. The molecule has 0 aliphatic carbocycles. The van der Waals surface area contributed by atoms with Crippen LogP contribution in [0.15, 0.2) is 12.1 Å². The number of hydrogen-bond acceptors (Lipinski definition) is 2. The highest BCUT2D eigenvalue weighted by Crippen LogP contribution is 2.18. The summed E-state index contributed by atoms with van der Waals surface area (Å²) in [5.41, 5.74) is -0.404. The molecule has 1 heterocycles. The van der Waals surface area contributed by atoms with Gasteiger partial charge >= 0.3 is 0 Å². The van der Waals surface area contributed by atoms with Gasteiger partial charge in [0.25, 0.3) is 5.91 Å². The zero-order chi connectivity index (χ0) is 16.1. The molecule has 0 N–H and O–H groups in total. The Kier molecular flexibility index (Phi) is 5.83. The number of unbranched alkanes of at least 4 members (excludes halogenated alkanes) is 2. The standard InChI is InChI=1S/C16H21F3N2O/c1-2-3-4-7-20-8-10-21(11-9-20)16(22)12-5-6-13(17)15(19)14(12)18/h5-6H,2-4,7-11H2,1H3. The monoisotopic (exact) mass is 314 g/mol. The molecule has 3 nitrogen and oxygen atoms in total. The van der Waals surface area contributed by atoms with Gasteiger partial charge in [-0.3, -0.25) is 9.69 Å². The van der Waals surface area contributed by atoms with Gasteiger partial charge in [-0.15, -0.1) is 0 Å². The summed E-state index contributed by atoms with van der Waals surface area (Å²) in [6.45, 7) is 5.54. The van der Waals surface area contributed by atoms with Crippen LogP contribution in [0.2, 0.25) is 0 Å². The number of hydrogen-bond donors (Lipinski definition) is 0. The highest BCUT2D eigenvalue weighted by molar-refractivity contribution is 5.94. The Morgan fingerprint density at radius 2 is 1.73 bits per heavy atom. The maximum absolute atomic E-state index is 13.7. The zero-order valence-electron chi connectivity index (χ0n) is 12.7. The topological polar surface area (TPSA) is 23.6 Å². The lowest BCUT2D eigenvalue weighted by atomic mass is 10.1. The van der Waals surface area contributed by atoms with Gasteiger partial charge in [-0.1, -0.05) is 19.8 Å². The number of amides is 1. The molecule has 1 amide bonds. The molecule has 0 unspecified atom stereocenters. The van der Waals surface area contributed by atoms with Crippen LogP contribution in [0.4, 0.5) is 13.2 Å². The van der Waals surface area contributed by atoms with Gasteiger partial charge in [0.15, 0.2) is 17.5 Å². The van der Waals surface area contributed by atoms with Crippen molar-refractivity contribution in [1.29, 1.82) is 0 Å². The van der Waals surface area contributed by atoms with E-state index >= 15 is 0 Å². The number of carbonyl (C=O) groups excluding carboxylic acids is 1. The number of nitrogens with zero attached hydrogens (tertiary/aromatic N) is 2. The van der Waals surface area contributed by atoms with E-state index in [4.69, 9.17) is 0 Å². The van der Waals surface area contributed by atoms with E-state index in [-0.39, 0.29) is 0 Å². The fraction of sp³-hybridized carbons (Fsp3) is 0.562. The van der Waals surface area contributed by atoms with Gasteiger partial charge in [-0.2, -0.15) is 0 Å². The summed E-state index contributed by atoms with van der Waals surface area (Å²) in [4.78, 5) is 16.0. The zero-order valence-corrected chi connectivity index (χ0v) is 12.7. The highest BCUT2D eigenvalue weighted by atomic mass is 19.2. The Morgan fingerprint density at radius 1 is 1.05 bits per heavy atom. The molecule has 122 valence electrons. The number of halogens is 3. The normalized spacial score (nSPS) is 16.1. The quantitative estimate of drug-likeness (QED) is 0.616. The molecule has 0 bridgehead atoms. The fourth-order valence-corrected chi connectivity index (χ4v) is 2.62.